The highest BCUT2D eigenvalue weighted by atomic mass is 16.5. The Kier molecular flexibility index (Phi) is 4.20. The highest BCUT2D eigenvalue weighted by Gasteiger charge is 2.12. The van der Waals surface area contributed by atoms with Crippen molar-refractivity contribution in [3.63, 3.8) is 0 Å². The third-order valence-electron chi connectivity index (χ3n) is 3.13. The molecule has 1 amide bonds. The Morgan fingerprint density at radius 1 is 1.56 bits per heavy atom. The highest BCUT2D eigenvalue weighted by Crippen LogP contribution is 2.27. The molecule has 18 heavy (non-hydrogen) atoms. The van der Waals surface area contributed by atoms with Gasteiger partial charge in [-0.05, 0) is 49.1 Å². The molecule has 0 saturated heterocycles. The molecule has 1 aliphatic rings. The number of nitrogens with two attached hydrogens (primary N) is 1. The van der Waals surface area contributed by atoms with Gasteiger partial charge in [-0.25, -0.2) is 0 Å². The molecule has 0 aromatic heterocycles. The molecule has 0 aliphatic carbocycles. The first-order valence-corrected chi connectivity index (χ1v) is 6.44. The van der Waals surface area contributed by atoms with Gasteiger partial charge in [-0.2, -0.15) is 0 Å². The van der Waals surface area contributed by atoms with E-state index in [0.717, 1.165) is 30.9 Å². The lowest BCUT2D eigenvalue weighted by atomic mass is 10.1. The fourth-order valence-corrected chi connectivity index (χ4v) is 2.05. The van der Waals surface area contributed by atoms with Crippen molar-refractivity contribution in [3.8, 4) is 5.75 Å². The van der Waals surface area contributed by atoms with E-state index in [0.29, 0.717) is 13.0 Å². The van der Waals surface area contributed by atoms with Gasteiger partial charge in [-0.1, -0.05) is 6.92 Å². The van der Waals surface area contributed by atoms with Gasteiger partial charge in [0.05, 0.1) is 6.61 Å². The summed E-state index contributed by atoms with van der Waals surface area (Å²) in [5.74, 6) is 1.17. The fourth-order valence-electron chi connectivity index (χ4n) is 2.05. The van der Waals surface area contributed by atoms with Gasteiger partial charge < -0.3 is 15.8 Å². The first-order chi connectivity index (χ1) is 8.69. The molecule has 1 aliphatic heterocycles. The van der Waals surface area contributed by atoms with Gasteiger partial charge in [0, 0.05) is 12.1 Å². The van der Waals surface area contributed by atoms with E-state index < -0.39 is 0 Å². The first kappa shape index (κ1) is 12.9. The summed E-state index contributed by atoms with van der Waals surface area (Å²) in [6, 6.07) is 5.81. The molecule has 0 fully saturated rings. The predicted molar refractivity (Wildman–Crippen MR) is 71.7 cm³/mol. The Morgan fingerprint density at radius 3 is 3.17 bits per heavy atom. The first-order valence-electron chi connectivity index (χ1n) is 6.44. The normalized spacial score (nSPS) is 15.4. The minimum absolute atomic E-state index is 0.0182. The van der Waals surface area contributed by atoms with E-state index in [9.17, 15) is 4.79 Å². The minimum Gasteiger partial charge on any atom is -0.493 e. The van der Waals surface area contributed by atoms with Crippen molar-refractivity contribution in [2.24, 2.45) is 11.7 Å². The van der Waals surface area contributed by atoms with Gasteiger partial charge in [0.1, 0.15) is 5.75 Å². The number of ether oxygens (including phenoxy) is 1. The van der Waals surface area contributed by atoms with Crippen LogP contribution in [0.5, 0.6) is 5.75 Å². The average molecular weight is 248 g/mol. The molecule has 0 bridgehead atoms. The smallest absolute Gasteiger partial charge is 0.224 e. The predicted octanol–water partition coefficient (Wildman–Crippen LogP) is 1.93. The zero-order chi connectivity index (χ0) is 13.0. The van der Waals surface area contributed by atoms with Crippen LogP contribution in [0, 0.1) is 5.92 Å². The number of hydrogen-bond donors (Lipinski definition) is 2. The maximum Gasteiger partial charge on any atom is 0.224 e. The molecule has 0 radical (unpaired) electrons. The summed E-state index contributed by atoms with van der Waals surface area (Å²) < 4.78 is 5.54. The van der Waals surface area contributed by atoms with Crippen LogP contribution in [-0.2, 0) is 11.2 Å². The van der Waals surface area contributed by atoms with Gasteiger partial charge in [0.2, 0.25) is 5.91 Å². The molecule has 4 nitrogen and oxygen atoms in total. The number of carbonyl (C=O) groups excluding carboxylic acids is 1. The SMILES string of the molecule is CC(CN)CC(=O)Nc1ccc2c(c1)CCCO2. The summed E-state index contributed by atoms with van der Waals surface area (Å²) in [5.41, 5.74) is 7.52. The van der Waals surface area contributed by atoms with E-state index in [-0.39, 0.29) is 11.8 Å². The standard InChI is InChI=1S/C14H20N2O2/c1-10(9-15)7-14(17)16-12-4-5-13-11(8-12)3-2-6-18-13/h4-5,8,10H,2-3,6-7,9,15H2,1H3,(H,16,17). The number of benzene rings is 1. The fraction of sp³-hybridized carbons (Fsp3) is 0.500. The molecule has 1 heterocycles. The number of anilines is 1. The van der Waals surface area contributed by atoms with Crippen LogP contribution in [0.3, 0.4) is 0 Å². The summed E-state index contributed by atoms with van der Waals surface area (Å²) in [7, 11) is 0. The van der Waals surface area contributed by atoms with Crippen molar-refractivity contribution in [1.29, 1.82) is 0 Å². The van der Waals surface area contributed by atoms with Crippen LogP contribution in [0.1, 0.15) is 25.3 Å². The number of rotatable bonds is 4. The molecular formula is C14H20N2O2. The van der Waals surface area contributed by atoms with Crippen LogP contribution in [0.15, 0.2) is 18.2 Å². The summed E-state index contributed by atoms with van der Waals surface area (Å²) in [6.07, 6.45) is 2.51. The van der Waals surface area contributed by atoms with Crippen LogP contribution in [0.25, 0.3) is 0 Å². The highest BCUT2D eigenvalue weighted by molar-refractivity contribution is 5.91. The summed E-state index contributed by atoms with van der Waals surface area (Å²) in [6.45, 7) is 3.29. The number of hydrogen-bond acceptors (Lipinski definition) is 3. The Hall–Kier alpha value is -1.55. The molecule has 1 unspecified atom stereocenters. The maximum atomic E-state index is 11.8. The summed E-state index contributed by atoms with van der Waals surface area (Å²) >= 11 is 0. The summed E-state index contributed by atoms with van der Waals surface area (Å²) in [5, 5.41) is 2.91. The van der Waals surface area contributed by atoms with Crippen molar-refractivity contribution in [1.82, 2.24) is 0 Å². The van der Waals surface area contributed by atoms with Crippen molar-refractivity contribution in [2.75, 3.05) is 18.5 Å². The Balaban J connectivity index is 1.99. The molecule has 1 aromatic rings. The number of amides is 1. The van der Waals surface area contributed by atoms with Crippen molar-refractivity contribution >= 4 is 11.6 Å². The lowest BCUT2D eigenvalue weighted by molar-refractivity contribution is -0.116. The van der Waals surface area contributed by atoms with Gasteiger partial charge >= 0.3 is 0 Å². The second-order valence-corrected chi connectivity index (χ2v) is 4.87. The van der Waals surface area contributed by atoms with E-state index in [1.165, 1.54) is 5.56 Å². The van der Waals surface area contributed by atoms with E-state index in [1.54, 1.807) is 0 Å². The average Bonchev–Trinajstić information content (AvgIpc) is 2.38. The largest absolute Gasteiger partial charge is 0.493 e. The third kappa shape index (κ3) is 3.23. The van der Waals surface area contributed by atoms with Crippen LogP contribution in [0.2, 0.25) is 0 Å². The molecule has 4 heteroatoms. The number of carbonyl (C=O) groups is 1. The number of nitrogens with one attached hydrogen (secondary N) is 1. The second kappa shape index (κ2) is 5.87. The Bertz CT molecular complexity index is 432. The van der Waals surface area contributed by atoms with E-state index in [4.69, 9.17) is 10.5 Å². The van der Waals surface area contributed by atoms with Crippen molar-refractivity contribution in [2.45, 2.75) is 26.2 Å². The number of fused-ring (bicyclic) bond motifs is 1. The molecule has 2 rings (SSSR count). The maximum absolute atomic E-state index is 11.8. The molecule has 0 spiro atoms. The topological polar surface area (TPSA) is 64.4 Å². The Morgan fingerprint density at radius 2 is 2.39 bits per heavy atom. The molecule has 98 valence electrons. The zero-order valence-corrected chi connectivity index (χ0v) is 10.7. The van der Waals surface area contributed by atoms with Gasteiger partial charge in [0.25, 0.3) is 0 Å². The second-order valence-electron chi connectivity index (χ2n) is 4.87. The molecule has 1 atom stereocenters. The zero-order valence-electron chi connectivity index (χ0n) is 10.7. The third-order valence-corrected chi connectivity index (χ3v) is 3.13. The van der Waals surface area contributed by atoms with Crippen LogP contribution < -0.4 is 15.8 Å². The van der Waals surface area contributed by atoms with Crippen molar-refractivity contribution < 1.29 is 9.53 Å². The molecule has 0 saturated carbocycles. The Labute approximate surface area is 108 Å². The van der Waals surface area contributed by atoms with Crippen molar-refractivity contribution in [3.05, 3.63) is 23.8 Å². The lowest BCUT2D eigenvalue weighted by Crippen LogP contribution is -2.20. The summed E-state index contributed by atoms with van der Waals surface area (Å²) in [4.78, 5) is 11.8. The van der Waals surface area contributed by atoms with Gasteiger partial charge in [-0.3, -0.25) is 4.79 Å². The molecular weight excluding hydrogens is 228 g/mol. The van der Waals surface area contributed by atoms with E-state index >= 15 is 0 Å². The quantitative estimate of drug-likeness (QED) is 0.855. The molecule has 1 aromatic carbocycles. The van der Waals surface area contributed by atoms with E-state index in [2.05, 4.69) is 5.32 Å². The van der Waals surface area contributed by atoms with Crippen LogP contribution in [-0.4, -0.2) is 19.1 Å². The number of aryl methyl sites for hydroxylation is 1. The van der Waals surface area contributed by atoms with Gasteiger partial charge in [-0.15, -0.1) is 0 Å². The van der Waals surface area contributed by atoms with Crippen LogP contribution in [0.4, 0.5) is 5.69 Å². The minimum atomic E-state index is 0.0182. The van der Waals surface area contributed by atoms with E-state index in [1.807, 2.05) is 25.1 Å². The lowest BCUT2D eigenvalue weighted by Gasteiger charge is -2.18. The molecule has 3 N–H and O–H groups in total. The van der Waals surface area contributed by atoms with Gasteiger partial charge in [0.15, 0.2) is 0 Å². The van der Waals surface area contributed by atoms with Crippen LogP contribution >= 0.6 is 0 Å². The monoisotopic (exact) mass is 248 g/mol.